The van der Waals surface area contributed by atoms with Crippen LogP contribution in [0, 0.1) is 11.3 Å². The summed E-state index contributed by atoms with van der Waals surface area (Å²) < 4.78 is 0. The molecular weight excluding hydrogens is 232 g/mol. The van der Waals surface area contributed by atoms with E-state index < -0.39 is 0 Å². The van der Waals surface area contributed by atoms with Gasteiger partial charge in [-0.25, -0.2) is 0 Å². The van der Waals surface area contributed by atoms with Gasteiger partial charge < -0.3 is 5.11 Å². The largest absolute Gasteiger partial charge is 0.388 e. The van der Waals surface area contributed by atoms with E-state index >= 15 is 0 Å². The van der Waals surface area contributed by atoms with E-state index in [0.29, 0.717) is 11.3 Å². The average molecular weight is 260 g/mol. The third-order valence-corrected chi connectivity index (χ3v) is 4.69. The minimum atomic E-state index is -0.272. The molecule has 1 aliphatic rings. The standard InChI is InChI=1S/C18H28O/c1-4-5-14-6-8-15(9-7-14)17(19)16-10-12-18(2,3)13-11-16/h6-9,16-17,19H,4-5,10-13H2,1-3H3. The zero-order valence-corrected chi connectivity index (χ0v) is 12.7. The Morgan fingerprint density at radius 2 is 1.74 bits per heavy atom. The summed E-state index contributed by atoms with van der Waals surface area (Å²) >= 11 is 0. The molecule has 0 saturated heterocycles. The zero-order valence-electron chi connectivity index (χ0n) is 12.7. The predicted octanol–water partition coefficient (Wildman–Crippen LogP) is 4.89. The Labute approximate surface area is 118 Å². The Hall–Kier alpha value is -0.820. The van der Waals surface area contributed by atoms with Crippen molar-refractivity contribution in [3.05, 3.63) is 35.4 Å². The quantitative estimate of drug-likeness (QED) is 0.817. The number of aryl methyl sites for hydroxylation is 1. The Bertz CT molecular complexity index is 381. The minimum Gasteiger partial charge on any atom is -0.388 e. The van der Waals surface area contributed by atoms with Crippen molar-refractivity contribution in [3.8, 4) is 0 Å². The van der Waals surface area contributed by atoms with Gasteiger partial charge in [-0.15, -0.1) is 0 Å². The number of hydrogen-bond donors (Lipinski definition) is 1. The number of hydrogen-bond acceptors (Lipinski definition) is 1. The molecule has 1 aliphatic carbocycles. The molecule has 0 amide bonds. The topological polar surface area (TPSA) is 20.2 Å². The Balaban J connectivity index is 1.97. The molecule has 1 saturated carbocycles. The summed E-state index contributed by atoms with van der Waals surface area (Å²) in [5.74, 6) is 0.449. The lowest BCUT2D eigenvalue weighted by molar-refractivity contribution is 0.0567. The summed E-state index contributed by atoms with van der Waals surface area (Å²) in [6.07, 6.45) is 6.83. The molecule has 106 valence electrons. The van der Waals surface area contributed by atoms with Gasteiger partial charge in [0, 0.05) is 0 Å². The van der Waals surface area contributed by atoms with Crippen LogP contribution in [0.1, 0.15) is 70.1 Å². The summed E-state index contributed by atoms with van der Waals surface area (Å²) in [6.45, 7) is 6.89. The normalized spacial score (nSPS) is 21.3. The molecule has 0 aromatic heterocycles. The predicted molar refractivity (Wildman–Crippen MR) is 81.1 cm³/mol. The summed E-state index contributed by atoms with van der Waals surface area (Å²) in [5, 5.41) is 10.5. The van der Waals surface area contributed by atoms with Gasteiger partial charge in [-0.1, -0.05) is 51.5 Å². The van der Waals surface area contributed by atoms with Gasteiger partial charge in [-0.2, -0.15) is 0 Å². The van der Waals surface area contributed by atoms with Crippen LogP contribution in [0.3, 0.4) is 0 Å². The van der Waals surface area contributed by atoms with Crippen LogP contribution in [0.25, 0.3) is 0 Å². The summed E-state index contributed by atoms with van der Waals surface area (Å²) in [6, 6.07) is 8.59. The van der Waals surface area contributed by atoms with Gasteiger partial charge in [-0.05, 0) is 54.6 Å². The van der Waals surface area contributed by atoms with E-state index in [0.717, 1.165) is 24.8 Å². The first-order valence-electron chi connectivity index (χ1n) is 7.79. The average Bonchev–Trinajstić information content (AvgIpc) is 2.39. The number of aliphatic hydroxyl groups is 1. The molecule has 0 bridgehead atoms. The second kappa shape index (κ2) is 6.09. The van der Waals surface area contributed by atoms with E-state index in [9.17, 15) is 5.11 Å². The van der Waals surface area contributed by atoms with Crippen LogP contribution < -0.4 is 0 Å². The molecule has 0 spiro atoms. The van der Waals surface area contributed by atoms with Gasteiger partial charge in [0.15, 0.2) is 0 Å². The summed E-state index contributed by atoms with van der Waals surface area (Å²) in [5.41, 5.74) is 2.95. The molecule has 1 aromatic carbocycles. The van der Waals surface area contributed by atoms with E-state index in [1.54, 1.807) is 0 Å². The van der Waals surface area contributed by atoms with Crippen molar-refractivity contribution >= 4 is 0 Å². The maximum atomic E-state index is 10.5. The van der Waals surface area contributed by atoms with Gasteiger partial charge in [0.2, 0.25) is 0 Å². The Kier molecular flexibility index (Phi) is 4.67. The van der Waals surface area contributed by atoms with Crippen molar-refractivity contribution < 1.29 is 5.11 Å². The lowest BCUT2D eigenvalue weighted by atomic mass is 9.71. The van der Waals surface area contributed by atoms with E-state index in [-0.39, 0.29) is 6.10 Å². The first-order chi connectivity index (χ1) is 9.02. The van der Waals surface area contributed by atoms with Crippen molar-refractivity contribution in [3.63, 3.8) is 0 Å². The van der Waals surface area contributed by atoms with E-state index in [1.807, 2.05) is 0 Å². The fourth-order valence-corrected chi connectivity index (χ4v) is 3.18. The lowest BCUT2D eigenvalue weighted by Gasteiger charge is -2.36. The van der Waals surface area contributed by atoms with E-state index in [2.05, 4.69) is 45.0 Å². The SMILES string of the molecule is CCCc1ccc(C(O)C2CCC(C)(C)CC2)cc1. The second-order valence-corrected chi connectivity index (χ2v) is 6.94. The van der Waals surface area contributed by atoms with Gasteiger partial charge >= 0.3 is 0 Å². The first kappa shape index (κ1) is 14.6. The van der Waals surface area contributed by atoms with E-state index in [1.165, 1.54) is 24.8 Å². The highest BCUT2D eigenvalue weighted by Crippen LogP contribution is 2.42. The highest BCUT2D eigenvalue weighted by atomic mass is 16.3. The summed E-state index contributed by atoms with van der Waals surface area (Å²) in [4.78, 5) is 0. The molecule has 0 aliphatic heterocycles. The fraction of sp³-hybridized carbons (Fsp3) is 0.667. The van der Waals surface area contributed by atoms with Gasteiger partial charge in [0.25, 0.3) is 0 Å². The number of aliphatic hydroxyl groups excluding tert-OH is 1. The summed E-state index contributed by atoms with van der Waals surface area (Å²) in [7, 11) is 0. The molecule has 1 heteroatoms. The van der Waals surface area contributed by atoms with E-state index in [4.69, 9.17) is 0 Å². The highest BCUT2D eigenvalue weighted by Gasteiger charge is 2.31. The molecule has 1 fully saturated rings. The molecule has 0 radical (unpaired) electrons. The molecule has 1 atom stereocenters. The first-order valence-corrected chi connectivity index (χ1v) is 7.79. The molecule has 1 N–H and O–H groups in total. The zero-order chi connectivity index (χ0) is 13.9. The molecule has 1 aromatic rings. The maximum absolute atomic E-state index is 10.5. The van der Waals surface area contributed by atoms with Gasteiger partial charge in [0.05, 0.1) is 6.10 Å². The van der Waals surface area contributed by atoms with Gasteiger partial charge in [-0.3, -0.25) is 0 Å². The second-order valence-electron chi connectivity index (χ2n) is 6.94. The molecule has 19 heavy (non-hydrogen) atoms. The van der Waals surface area contributed by atoms with Crippen molar-refractivity contribution in [2.75, 3.05) is 0 Å². The minimum absolute atomic E-state index is 0.272. The third-order valence-electron chi connectivity index (χ3n) is 4.69. The van der Waals surface area contributed by atoms with Crippen molar-refractivity contribution in [2.45, 2.75) is 65.4 Å². The molecule has 0 heterocycles. The van der Waals surface area contributed by atoms with Crippen LogP contribution in [-0.2, 0) is 6.42 Å². The van der Waals surface area contributed by atoms with Crippen molar-refractivity contribution in [2.24, 2.45) is 11.3 Å². The van der Waals surface area contributed by atoms with Crippen molar-refractivity contribution in [1.82, 2.24) is 0 Å². The smallest absolute Gasteiger partial charge is 0.0818 e. The van der Waals surface area contributed by atoms with Crippen LogP contribution in [-0.4, -0.2) is 5.11 Å². The Morgan fingerprint density at radius 1 is 1.16 bits per heavy atom. The Morgan fingerprint density at radius 3 is 2.26 bits per heavy atom. The fourth-order valence-electron chi connectivity index (χ4n) is 3.18. The lowest BCUT2D eigenvalue weighted by Crippen LogP contribution is -2.25. The molecule has 1 unspecified atom stereocenters. The van der Waals surface area contributed by atoms with Crippen LogP contribution >= 0.6 is 0 Å². The van der Waals surface area contributed by atoms with Gasteiger partial charge in [0.1, 0.15) is 0 Å². The highest BCUT2D eigenvalue weighted by molar-refractivity contribution is 5.24. The monoisotopic (exact) mass is 260 g/mol. The molecule has 2 rings (SSSR count). The van der Waals surface area contributed by atoms with Crippen LogP contribution in [0.4, 0.5) is 0 Å². The molecular formula is C18H28O. The van der Waals surface area contributed by atoms with Crippen LogP contribution in [0.2, 0.25) is 0 Å². The van der Waals surface area contributed by atoms with Crippen LogP contribution in [0.5, 0.6) is 0 Å². The maximum Gasteiger partial charge on any atom is 0.0818 e. The molecule has 1 nitrogen and oxygen atoms in total. The third kappa shape index (κ3) is 3.82. The van der Waals surface area contributed by atoms with Crippen LogP contribution in [0.15, 0.2) is 24.3 Å². The van der Waals surface area contributed by atoms with Crippen molar-refractivity contribution in [1.29, 1.82) is 0 Å². The number of rotatable bonds is 4. The number of benzene rings is 1.